The second-order valence-corrected chi connectivity index (χ2v) is 6.51. The lowest BCUT2D eigenvalue weighted by Crippen LogP contribution is -2.01. The fourth-order valence-corrected chi connectivity index (χ4v) is 3.50. The van der Waals surface area contributed by atoms with Gasteiger partial charge in [-0.25, -0.2) is 14.5 Å². The molecule has 3 heterocycles. The van der Waals surface area contributed by atoms with E-state index in [0.717, 1.165) is 44.7 Å². The highest BCUT2D eigenvalue weighted by molar-refractivity contribution is 5.93. The molecule has 0 aliphatic carbocycles. The highest BCUT2D eigenvalue weighted by Gasteiger charge is 2.16. The molecule has 5 aromatic rings. The maximum absolute atomic E-state index is 11.5. The molecule has 128 valence electrons. The molecule has 0 fully saturated rings. The highest BCUT2D eigenvalue weighted by atomic mass is 16.1. The number of aromatic amines is 3. The molecule has 0 aliphatic rings. The van der Waals surface area contributed by atoms with Gasteiger partial charge >= 0.3 is 5.69 Å². The van der Waals surface area contributed by atoms with E-state index in [1.165, 1.54) is 5.56 Å². The first kappa shape index (κ1) is 14.7. The van der Waals surface area contributed by atoms with Crippen LogP contribution < -0.4 is 5.69 Å². The average Bonchev–Trinajstić information content (AvgIpc) is 3.29. The van der Waals surface area contributed by atoms with E-state index in [1.807, 2.05) is 29.1 Å². The summed E-state index contributed by atoms with van der Waals surface area (Å²) < 4.78 is 1.85. The topological polar surface area (TPSA) is 95.1 Å². The normalized spacial score (nSPS) is 11.6. The van der Waals surface area contributed by atoms with Gasteiger partial charge in [-0.15, -0.1) is 0 Å². The Kier molecular flexibility index (Phi) is 2.94. The van der Waals surface area contributed by atoms with Gasteiger partial charge in [0.15, 0.2) is 0 Å². The number of hydrogen-bond acceptors (Lipinski definition) is 3. The number of nitrogens with one attached hydrogen (secondary N) is 3. The minimum atomic E-state index is -0.219. The summed E-state index contributed by atoms with van der Waals surface area (Å²) in [6.07, 6.45) is 3.69. The fourth-order valence-electron chi connectivity index (χ4n) is 3.50. The van der Waals surface area contributed by atoms with Gasteiger partial charge in [0, 0.05) is 18.0 Å². The van der Waals surface area contributed by atoms with Gasteiger partial charge in [-0.05, 0) is 49.2 Å². The molecule has 0 saturated heterocycles. The zero-order chi connectivity index (χ0) is 17.8. The van der Waals surface area contributed by atoms with Gasteiger partial charge in [0.2, 0.25) is 0 Å². The average molecular weight is 344 g/mol. The van der Waals surface area contributed by atoms with Crippen molar-refractivity contribution in [2.24, 2.45) is 0 Å². The second-order valence-electron chi connectivity index (χ2n) is 6.51. The molecule has 26 heavy (non-hydrogen) atoms. The molecule has 0 unspecified atom stereocenters. The molecule has 7 heteroatoms. The molecular weight excluding hydrogens is 328 g/mol. The van der Waals surface area contributed by atoms with Crippen LogP contribution in [0.5, 0.6) is 0 Å². The molecule has 5 rings (SSSR count). The predicted octanol–water partition coefficient (Wildman–Crippen LogP) is 3.20. The molecular formula is C19H16N6O. The summed E-state index contributed by atoms with van der Waals surface area (Å²) in [5, 5.41) is 4.39. The van der Waals surface area contributed by atoms with Gasteiger partial charge in [-0.3, -0.25) is 0 Å². The number of aromatic nitrogens is 6. The third kappa shape index (κ3) is 2.17. The minimum Gasteiger partial charge on any atom is -0.338 e. The molecule has 3 aromatic heterocycles. The summed E-state index contributed by atoms with van der Waals surface area (Å²) in [5.74, 6) is 0.776. The van der Waals surface area contributed by atoms with Crippen LogP contribution in [0, 0.1) is 13.8 Å². The maximum atomic E-state index is 11.5. The molecule has 3 N–H and O–H groups in total. The van der Waals surface area contributed by atoms with E-state index in [9.17, 15) is 4.79 Å². The van der Waals surface area contributed by atoms with Crippen molar-refractivity contribution in [2.75, 3.05) is 0 Å². The lowest BCUT2D eigenvalue weighted by Gasteiger charge is -2.12. The molecule has 0 atom stereocenters. The number of imidazole rings is 2. The first-order chi connectivity index (χ1) is 12.6. The van der Waals surface area contributed by atoms with Gasteiger partial charge < -0.3 is 15.0 Å². The summed E-state index contributed by atoms with van der Waals surface area (Å²) in [6, 6.07) is 9.91. The van der Waals surface area contributed by atoms with E-state index >= 15 is 0 Å². The van der Waals surface area contributed by atoms with Crippen LogP contribution in [0.3, 0.4) is 0 Å². The lowest BCUT2D eigenvalue weighted by molar-refractivity contribution is 0.878. The number of fused-ring (bicyclic) bond motifs is 2. The predicted molar refractivity (Wildman–Crippen MR) is 101 cm³/mol. The van der Waals surface area contributed by atoms with Crippen LogP contribution >= 0.6 is 0 Å². The molecule has 0 spiro atoms. The Labute approximate surface area is 147 Å². The number of rotatable bonds is 2. The second kappa shape index (κ2) is 5.19. The summed E-state index contributed by atoms with van der Waals surface area (Å²) >= 11 is 0. The van der Waals surface area contributed by atoms with Crippen LogP contribution in [-0.4, -0.2) is 29.7 Å². The summed E-state index contributed by atoms with van der Waals surface area (Å²) in [6.45, 7) is 4.14. The largest absolute Gasteiger partial charge is 0.338 e. The van der Waals surface area contributed by atoms with Crippen molar-refractivity contribution in [1.29, 1.82) is 0 Å². The Morgan fingerprint density at radius 1 is 0.962 bits per heavy atom. The van der Waals surface area contributed by atoms with Crippen molar-refractivity contribution in [3.63, 3.8) is 0 Å². The van der Waals surface area contributed by atoms with Crippen LogP contribution in [0.2, 0.25) is 0 Å². The Hall–Kier alpha value is -3.61. The Morgan fingerprint density at radius 3 is 2.54 bits per heavy atom. The van der Waals surface area contributed by atoms with E-state index in [-0.39, 0.29) is 5.69 Å². The zero-order valence-electron chi connectivity index (χ0n) is 14.3. The van der Waals surface area contributed by atoms with Gasteiger partial charge in [0.1, 0.15) is 5.82 Å². The van der Waals surface area contributed by atoms with E-state index < -0.39 is 0 Å². The van der Waals surface area contributed by atoms with Crippen LogP contribution in [0.1, 0.15) is 11.1 Å². The van der Waals surface area contributed by atoms with Crippen LogP contribution in [0.25, 0.3) is 39.1 Å². The molecule has 0 bridgehead atoms. The fraction of sp³-hybridized carbons (Fsp3) is 0.105. The Bertz CT molecular complexity index is 1270. The molecule has 7 nitrogen and oxygen atoms in total. The number of nitrogens with zero attached hydrogens (tertiary/aromatic N) is 3. The van der Waals surface area contributed by atoms with Crippen molar-refractivity contribution in [3.8, 4) is 17.1 Å². The van der Waals surface area contributed by atoms with Crippen LogP contribution in [0.15, 0.2) is 47.5 Å². The Balaban J connectivity index is 1.78. The van der Waals surface area contributed by atoms with Crippen molar-refractivity contribution in [3.05, 3.63) is 64.3 Å². The quantitative estimate of drug-likeness (QED) is 0.459. The maximum Gasteiger partial charge on any atom is 0.323 e. The SMILES string of the molecule is Cc1cc(C)c(-c2nc3cc4[nH]c(=O)[nH]c4cc3[nH]2)c(-n2cccn2)c1. The van der Waals surface area contributed by atoms with Gasteiger partial charge in [-0.1, -0.05) is 6.07 Å². The molecule has 2 aromatic carbocycles. The molecule has 0 amide bonds. The van der Waals surface area contributed by atoms with E-state index in [0.29, 0.717) is 0 Å². The molecule has 0 saturated carbocycles. The van der Waals surface area contributed by atoms with Gasteiger partial charge in [0.05, 0.1) is 27.8 Å². The highest BCUT2D eigenvalue weighted by Crippen LogP contribution is 2.31. The van der Waals surface area contributed by atoms with Crippen LogP contribution in [-0.2, 0) is 0 Å². The monoisotopic (exact) mass is 344 g/mol. The van der Waals surface area contributed by atoms with Gasteiger partial charge in [-0.2, -0.15) is 5.10 Å². The van der Waals surface area contributed by atoms with Gasteiger partial charge in [0.25, 0.3) is 0 Å². The first-order valence-electron chi connectivity index (χ1n) is 8.32. The third-order valence-corrected chi connectivity index (χ3v) is 4.56. The van der Waals surface area contributed by atoms with Crippen molar-refractivity contribution < 1.29 is 0 Å². The minimum absolute atomic E-state index is 0.219. The number of aryl methyl sites for hydroxylation is 2. The third-order valence-electron chi connectivity index (χ3n) is 4.56. The first-order valence-corrected chi connectivity index (χ1v) is 8.32. The van der Waals surface area contributed by atoms with Crippen molar-refractivity contribution in [2.45, 2.75) is 13.8 Å². The zero-order valence-corrected chi connectivity index (χ0v) is 14.3. The van der Waals surface area contributed by atoms with E-state index in [2.05, 4.69) is 46.0 Å². The van der Waals surface area contributed by atoms with Crippen LogP contribution in [0.4, 0.5) is 0 Å². The summed E-state index contributed by atoms with van der Waals surface area (Å²) in [5.41, 5.74) is 7.22. The van der Waals surface area contributed by atoms with E-state index in [1.54, 1.807) is 6.20 Å². The van der Waals surface area contributed by atoms with E-state index in [4.69, 9.17) is 4.98 Å². The number of H-pyrrole nitrogens is 3. The molecule has 0 aliphatic heterocycles. The number of benzene rings is 2. The van der Waals surface area contributed by atoms with Crippen molar-refractivity contribution >= 4 is 22.1 Å². The number of hydrogen-bond donors (Lipinski definition) is 3. The van der Waals surface area contributed by atoms with Crippen molar-refractivity contribution in [1.82, 2.24) is 29.7 Å². The Morgan fingerprint density at radius 2 is 1.77 bits per heavy atom. The lowest BCUT2D eigenvalue weighted by atomic mass is 10.0. The summed E-state index contributed by atoms with van der Waals surface area (Å²) in [4.78, 5) is 25.2. The standard InChI is InChI=1S/C19H16N6O/c1-10-6-11(2)17(16(7-10)25-5-3-4-20-25)18-21-12-8-14-15(9-13(12)22-18)24-19(26)23-14/h3-9H,1-2H3,(H,21,22)(H2,23,24,26). The summed E-state index contributed by atoms with van der Waals surface area (Å²) in [7, 11) is 0. The smallest absolute Gasteiger partial charge is 0.323 e. The molecule has 0 radical (unpaired) electrons.